The van der Waals surface area contributed by atoms with Crippen LogP contribution in [0.1, 0.15) is 13.3 Å². The van der Waals surface area contributed by atoms with E-state index < -0.39 is 23.6 Å². The molecular formula is C17H14N2O6. The van der Waals surface area contributed by atoms with Crippen molar-refractivity contribution in [1.82, 2.24) is 9.55 Å². The maximum absolute atomic E-state index is 12.5. The highest BCUT2D eigenvalue weighted by molar-refractivity contribution is 6.01. The molecule has 2 atom stereocenters. The van der Waals surface area contributed by atoms with Crippen LogP contribution in [0.5, 0.6) is 0 Å². The molecule has 128 valence electrons. The molecule has 1 aliphatic heterocycles. The molecule has 2 aromatic heterocycles. The van der Waals surface area contributed by atoms with E-state index in [1.807, 2.05) is 6.07 Å². The number of cyclic esters (lactones) is 1. The second-order valence-corrected chi connectivity index (χ2v) is 5.92. The van der Waals surface area contributed by atoms with Crippen molar-refractivity contribution in [3.8, 4) is 0 Å². The Bertz CT molecular complexity index is 1050. The zero-order valence-corrected chi connectivity index (χ0v) is 13.3. The highest BCUT2D eigenvalue weighted by Crippen LogP contribution is 2.24. The molecule has 8 nitrogen and oxygen atoms in total. The van der Waals surface area contributed by atoms with Gasteiger partial charge in [0.15, 0.2) is 0 Å². The SMILES string of the molecule is C[C@H]1C[C@H](OC(=O)Cn2cnc3c(oc4ccccc43)c2=O)C(=O)O1. The quantitative estimate of drug-likeness (QED) is 0.663. The normalized spacial score (nSPS) is 20.1. The summed E-state index contributed by atoms with van der Waals surface area (Å²) in [6.07, 6.45) is 0.353. The largest absolute Gasteiger partial charge is 0.460 e. The Labute approximate surface area is 140 Å². The fraction of sp³-hybridized carbons (Fsp3) is 0.294. The summed E-state index contributed by atoms with van der Waals surface area (Å²) in [6, 6.07) is 7.16. The van der Waals surface area contributed by atoms with Gasteiger partial charge in [0.05, 0.1) is 6.33 Å². The van der Waals surface area contributed by atoms with Crippen molar-refractivity contribution in [2.75, 3.05) is 0 Å². The van der Waals surface area contributed by atoms with E-state index in [4.69, 9.17) is 13.9 Å². The lowest BCUT2D eigenvalue weighted by molar-refractivity contribution is -0.161. The third-order valence-corrected chi connectivity index (χ3v) is 4.05. The van der Waals surface area contributed by atoms with E-state index in [2.05, 4.69) is 4.98 Å². The van der Waals surface area contributed by atoms with Gasteiger partial charge in [-0.2, -0.15) is 0 Å². The summed E-state index contributed by atoms with van der Waals surface area (Å²) in [5, 5.41) is 0.729. The summed E-state index contributed by atoms with van der Waals surface area (Å²) in [4.78, 5) is 40.3. The molecule has 0 spiro atoms. The monoisotopic (exact) mass is 342 g/mol. The predicted molar refractivity (Wildman–Crippen MR) is 85.8 cm³/mol. The molecule has 0 amide bonds. The molecule has 0 saturated carbocycles. The number of rotatable bonds is 3. The average Bonchev–Trinajstić information content (AvgIpc) is 3.10. The molecule has 0 N–H and O–H groups in total. The van der Waals surface area contributed by atoms with Gasteiger partial charge in [-0.1, -0.05) is 12.1 Å². The van der Waals surface area contributed by atoms with Crippen molar-refractivity contribution in [3.63, 3.8) is 0 Å². The van der Waals surface area contributed by atoms with Gasteiger partial charge in [0.2, 0.25) is 11.7 Å². The standard InChI is InChI=1S/C17H14N2O6/c1-9-6-12(17(22)23-9)24-13(20)7-19-8-18-14-10-4-2-3-5-11(10)25-15(14)16(19)21/h2-5,8-9,12H,6-7H2,1H3/t9-,12-/m0/s1. The van der Waals surface area contributed by atoms with Crippen molar-refractivity contribution in [2.24, 2.45) is 0 Å². The van der Waals surface area contributed by atoms with Gasteiger partial charge in [-0.3, -0.25) is 14.2 Å². The number of esters is 2. The van der Waals surface area contributed by atoms with E-state index in [9.17, 15) is 14.4 Å². The number of para-hydroxylation sites is 1. The molecule has 0 radical (unpaired) electrons. The molecule has 3 aromatic rings. The number of carbonyl (C=O) groups is 2. The smallest absolute Gasteiger partial charge is 0.347 e. The van der Waals surface area contributed by atoms with E-state index in [-0.39, 0.29) is 18.2 Å². The molecule has 1 aliphatic rings. The van der Waals surface area contributed by atoms with Crippen LogP contribution in [-0.2, 0) is 25.6 Å². The number of hydrogen-bond acceptors (Lipinski definition) is 7. The molecule has 1 saturated heterocycles. The molecular weight excluding hydrogens is 328 g/mol. The minimum Gasteiger partial charge on any atom is -0.460 e. The highest BCUT2D eigenvalue weighted by atomic mass is 16.6. The average molecular weight is 342 g/mol. The Morgan fingerprint density at radius 3 is 2.92 bits per heavy atom. The summed E-state index contributed by atoms with van der Waals surface area (Å²) < 4.78 is 16.7. The number of ether oxygens (including phenoxy) is 2. The van der Waals surface area contributed by atoms with Gasteiger partial charge in [-0.15, -0.1) is 0 Å². The molecule has 25 heavy (non-hydrogen) atoms. The van der Waals surface area contributed by atoms with Crippen LogP contribution in [0.3, 0.4) is 0 Å². The maximum atomic E-state index is 12.5. The van der Waals surface area contributed by atoms with Crippen molar-refractivity contribution in [1.29, 1.82) is 0 Å². The second kappa shape index (κ2) is 5.73. The fourth-order valence-corrected chi connectivity index (χ4v) is 2.88. The zero-order chi connectivity index (χ0) is 17.6. The lowest BCUT2D eigenvalue weighted by Gasteiger charge is -2.09. The van der Waals surface area contributed by atoms with E-state index in [1.165, 1.54) is 6.33 Å². The van der Waals surface area contributed by atoms with Gasteiger partial charge in [-0.25, -0.2) is 9.78 Å². The Kier molecular flexibility index (Phi) is 3.52. The van der Waals surface area contributed by atoms with Crippen LogP contribution in [0.4, 0.5) is 0 Å². The van der Waals surface area contributed by atoms with Crippen LogP contribution in [0.15, 0.2) is 39.8 Å². The van der Waals surface area contributed by atoms with E-state index in [1.54, 1.807) is 25.1 Å². The summed E-state index contributed by atoms with van der Waals surface area (Å²) >= 11 is 0. The Hall–Kier alpha value is -3.16. The Morgan fingerprint density at radius 2 is 2.16 bits per heavy atom. The number of nitrogens with zero attached hydrogens (tertiary/aromatic N) is 2. The van der Waals surface area contributed by atoms with Crippen LogP contribution >= 0.6 is 0 Å². The lowest BCUT2D eigenvalue weighted by Crippen LogP contribution is -2.29. The third kappa shape index (κ3) is 2.65. The maximum Gasteiger partial charge on any atom is 0.347 e. The summed E-state index contributed by atoms with van der Waals surface area (Å²) in [5.74, 6) is -1.28. The molecule has 3 heterocycles. The first-order chi connectivity index (χ1) is 12.0. The Morgan fingerprint density at radius 1 is 1.36 bits per heavy atom. The van der Waals surface area contributed by atoms with Crippen LogP contribution < -0.4 is 5.56 Å². The number of furan rings is 1. The van der Waals surface area contributed by atoms with Gasteiger partial charge in [0, 0.05) is 11.8 Å². The highest BCUT2D eigenvalue weighted by Gasteiger charge is 2.35. The number of benzene rings is 1. The number of carbonyl (C=O) groups excluding carboxylic acids is 2. The van der Waals surface area contributed by atoms with Gasteiger partial charge < -0.3 is 13.9 Å². The van der Waals surface area contributed by atoms with Crippen LogP contribution in [0.25, 0.3) is 22.1 Å². The number of aromatic nitrogens is 2. The number of fused-ring (bicyclic) bond motifs is 3. The van der Waals surface area contributed by atoms with Gasteiger partial charge in [0.25, 0.3) is 5.56 Å². The van der Waals surface area contributed by atoms with Crippen molar-refractivity contribution < 1.29 is 23.5 Å². The molecule has 8 heteroatoms. The van der Waals surface area contributed by atoms with Crippen molar-refractivity contribution in [3.05, 3.63) is 40.9 Å². The Balaban J connectivity index is 1.60. The second-order valence-electron chi connectivity index (χ2n) is 5.92. The molecule has 1 fully saturated rings. The number of hydrogen-bond donors (Lipinski definition) is 0. The third-order valence-electron chi connectivity index (χ3n) is 4.05. The van der Waals surface area contributed by atoms with E-state index in [0.717, 1.165) is 9.95 Å². The van der Waals surface area contributed by atoms with Gasteiger partial charge in [-0.05, 0) is 19.1 Å². The van der Waals surface area contributed by atoms with E-state index in [0.29, 0.717) is 17.5 Å². The summed E-state index contributed by atoms with van der Waals surface area (Å²) in [7, 11) is 0. The van der Waals surface area contributed by atoms with E-state index >= 15 is 0 Å². The first-order valence-electron chi connectivity index (χ1n) is 7.79. The summed E-state index contributed by atoms with van der Waals surface area (Å²) in [6.45, 7) is 1.35. The molecule has 0 bridgehead atoms. The molecule has 1 aromatic carbocycles. The topological polar surface area (TPSA) is 101 Å². The van der Waals surface area contributed by atoms with Crippen LogP contribution in [-0.4, -0.2) is 33.7 Å². The molecule has 0 unspecified atom stereocenters. The predicted octanol–water partition coefficient (Wildman–Crippen LogP) is 1.39. The van der Waals surface area contributed by atoms with Crippen LogP contribution in [0, 0.1) is 0 Å². The summed E-state index contributed by atoms with van der Waals surface area (Å²) in [5.41, 5.74) is 0.578. The molecule has 4 rings (SSSR count). The zero-order valence-electron chi connectivity index (χ0n) is 13.3. The van der Waals surface area contributed by atoms with Crippen molar-refractivity contribution in [2.45, 2.75) is 32.1 Å². The van der Waals surface area contributed by atoms with Crippen molar-refractivity contribution >= 4 is 34.0 Å². The molecule has 0 aliphatic carbocycles. The van der Waals surface area contributed by atoms with Crippen LogP contribution in [0.2, 0.25) is 0 Å². The lowest BCUT2D eigenvalue weighted by atomic mass is 10.2. The van der Waals surface area contributed by atoms with Gasteiger partial charge in [0.1, 0.15) is 23.7 Å². The first kappa shape index (κ1) is 15.4. The first-order valence-corrected chi connectivity index (χ1v) is 7.79. The van der Waals surface area contributed by atoms with Gasteiger partial charge >= 0.3 is 11.9 Å². The minimum atomic E-state index is -0.930. The minimum absolute atomic E-state index is 0.0744. The fourth-order valence-electron chi connectivity index (χ4n) is 2.88.